The Morgan fingerprint density at radius 2 is 2.28 bits per heavy atom. The van der Waals surface area contributed by atoms with Gasteiger partial charge in [0, 0.05) is 10.5 Å². The van der Waals surface area contributed by atoms with Crippen LogP contribution in [0.15, 0.2) is 27.7 Å². The van der Waals surface area contributed by atoms with Crippen molar-refractivity contribution >= 4 is 45.2 Å². The zero-order valence-electron chi connectivity index (χ0n) is 9.16. The largest absolute Gasteiger partial charge is 0.369 e. The minimum Gasteiger partial charge on any atom is -0.369 e. The second-order valence-corrected chi connectivity index (χ2v) is 5.64. The highest BCUT2D eigenvalue weighted by Crippen LogP contribution is 2.36. The van der Waals surface area contributed by atoms with Crippen molar-refractivity contribution in [3.8, 4) is 11.3 Å². The molecule has 2 heterocycles. The number of aromatic nitrogens is 2. The average molecular weight is 325 g/mol. The molecule has 92 valence electrons. The van der Waals surface area contributed by atoms with E-state index in [1.54, 1.807) is 0 Å². The van der Waals surface area contributed by atoms with Gasteiger partial charge in [0.2, 0.25) is 5.91 Å². The van der Waals surface area contributed by atoms with Crippen LogP contribution in [0.2, 0.25) is 0 Å². The lowest BCUT2D eigenvalue weighted by atomic mass is 10.1. The zero-order valence-corrected chi connectivity index (χ0v) is 11.6. The van der Waals surface area contributed by atoms with E-state index in [1.165, 1.54) is 11.8 Å². The van der Waals surface area contributed by atoms with Crippen molar-refractivity contribution in [3.05, 3.63) is 22.8 Å². The maximum Gasteiger partial charge on any atom is 0.234 e. The van der Waals surface area contributed by atoms with Crippen LogP contribution < -0.4 is 11.1 Å². The molecule has 18 heavy (non-hydrogen) atoms. The van der Waals surface area contributed by atoms with Gasteiger partial charge in [-0.25, -0.2) is 4.98 Å². The second kappa shape index (κ2) is 4.33. The summed E-state index contributed by atoms with van der Waals surface area (Å²) in [4.78, 5) is 19.5. The van der Waals surface area contributed by atoms with Gasteiger partial charge in [-0.3, -0.25) is 4.79 Å². The van der Waals surface area contributed by atoms with Crippen molar-refractivity contribution < 1.29 is 4.79 Å². The first-order valence-electron chi connectivity index (χ1n) is 5.21. The molecule has 0 atom stereocenters. The number of halogens is 1. The highest BCUT2D eigenvalue weighted by molar-refractivity contribution is 9.10. The van der Waals surface area contributed by atoms with Crippen molar-refractivity contribution in [1.29, 1.82) is 0 Å². The van der Waals surface area contributed by atoms with Crippen molar-refractivity contribution in [2.24, 2.45) is 0 Å². The third kappa shape index (κ3) is 1.99. The number of aromatic amines is 1. The lowest BCUT2D eigenvalue weighted by Crippen LogP contribution is -2.18. The van der Waals surface area contributed by atoms with Crippen LogP contribution in [0.3, 0.4) is 0 Å². The number of anilines is 2. The molecule has 0 unspecified atom stereocenters. The molecule has 4 N–H and O–H groups in total. The van der Waals surface area contributed by atoms with E-state index >= 15 is 0 Å². The number of imidazole rings is 1. The predicted molar refractivity (Wildman–Crippen MR) is 75.5 cm³/mol. The normalized spacial score (nSPS) is 14.2. The van der Waals surface area contributed by atoms with Gasteiger partial charge < -0.3 is 16.0 Å². The van der Waals surface area contributed by atoms with Gasteiger partial charge in [-0.15, -0.1) is 11.8 Å². The fourth-order valence-electron chi connectivity index (χ4n) is 1.79. The maximum absolute atomic E-state index is 11.4. The number of nitrogens with zero attached hydrogens (tertiary/aromatic N) is 1. The first kappa shape index (κ1) is 11.6. The fourth-order valence-corrected chi connectivity index (χ4v) is 3.10. The summed E-state index contributed by atoms with van der Waals surface area (Å²) in [6.45, 7) is 0. The number of rotatable bonds is 1. The summed E-state index contributed by atoms with van der Waals surface area (Å²) in [5, 5.41) is 2.85. The van der Waals surface area contributed by atoms with Crippen LogP contribution in [0.5, 0.6) is 0 Å². The Morgan fingerprint density at radius 3 is 3.00 bits per heavy atom. The summed E-state index contributed by atoms with van der Waals surface area (Å²) in [6.07, 6.45) is 0. The molecular formula is C11H9BrN4OS. The van der Waals surface area contributed by atoms with Crippen LogP contribution >= 0.6 is 27.7 Å². The van der Waals surface area contributed by atoms with Crippen LogP contribution in [0, 0.1) is 0 Å². The monoisotopic (exact) mass is 324 g/mol. The van der Waals surface area contributed by atoms with Gasteiger partial charge in [-0.1, -0.05) is 6.07 Å². The number of fused-ring (bicyclic) bond motifs is 1. The number of amides is 1. The Morgan fingerprint density at radius 1 is 1.44 bits per heavy atom. The van der Waals surface area contributed by atoms with Crippen LogP contribution in [0.4, 0.5) is 11.6 Å². The Kier molecular flexibility index (Phi) is 2.79. The van der Waals surface area contributed by atoms with E-state index in [2.05, 4.69) is 31.2 Å². The lowest BCUT2D eigenvalue weighted by molar-refractivity contribution is -0.113. The molecule has 1 aliphatic heterocycles. The SMILES string of the molecule is Nc1nc(-c2ccc3c(c2)NC(=O)CS3)c(Br)[nH]1. The molecule has 3 rings (SSSR count). The summed E-state index contributed by atoms with van der Waals surface area (Å²) in [6, 6.07) is 5.84. The Hall–Kier alpha value is -1.47. The first-order chi connectivity index (χ1) is 8.63. The first-order valence-corrected chi connectivity index (χ1v) is 6.99. The van der Waals surface area contributed by atoms with E-state index in [4.69, 9.17) is 5.73 Å². The average Bonchev–Trinajstić information content (AvgIpc) is 2.67. The quantitative estimate of drug-likeness (QED) is 0.752. The molecule has 1 aliphatic rings. The standard InChI is InChI=1S/C11H9BrN4OS/c12-10-9(15-11(13)16-10)5-1-2-7-6(3-5)14-8(17)4-18-7/h1-3H,4H2,(H,14,17)(H3,13,15,16). The third-order valence-electron chi connectivity index (χ3n) is 2.56. The van der Waals surface area contributed by atoms with Crippen molar-refractivity contribution in [3.63, 3.8) is 0 Å². The second-order valence-electron chi connectivity index (χ2n) is 3.83. The molecule has 0 fully saturated rings. The maximum atomic E-state index is 11.4. The van der Waals surface area contributed by atoms with Gasteiger partial charge in [0.15, 0.2) is 5.95 Å². The van der Waals surface area contributed by atoms with Crippen LogP contribution in [-0.4, -0.2) is 21.6 Å². The van der Waals surface area contributed by atoms with E-state index in [0.717, 1.165) is 26.4 Å². The number of hydrogen-bond acceptors (Lipinski definition) is 4. The number of benzene rings is 1. The van der Waals surface area contributed by atoms with Gasteiger partial charge in [-0.05, 0) is 28.1 Å². The van der Waals surface area contributed by atoms with Crippen LogP contribution in [0.25, 0.3) is 11.3 Å². The van der Waals surface area contributed by atoms with Crippen LogP contribution in [0.1, 0.15) is 0 Å². The highest BCUT2D eigenvalue weighted by Gasteiger charge is 2.17. The number of nitrogens with two attached hydrogens (primary N) is 1. The predicted octanol–water partition coefficient (Wildman–Crippen LogP) is 2.47. The number of carbonyl (C=O) groups excluding carboxylic acids is 1. The van der Waals surface area contributed by atoms with E-state index in [9.17, 15) is 4.79 Å². The molecule has 0 aliphatic carbocycles. The Bertz CT molecular complexity index is 640. The smallest absolute Gasteiger partial charge is 0.234 e. The molecule has 7 heteroatoms. The molecule has 2 aromatic rings. The van der Waals surface area contributed by atoms with Gasteiger partial charge in [0.05, 0.1) is 11.4 Å². The molecule has 0 saturated carbocycles. The zero-order chi connectivity index (χ0) is 12.7. The summed E-state index contributed by atoms with van der Waals surface area (Å²) in [7, 11) is 0. The number of nitrogens with one attached hydrogen (secondary N) is 2. The van der Waals surface area contributed by atoms with E-state index in [0.29, 0.717) is 11.7 Å². The van der Waals surface area contributed by atoms with Crippen molar-refractivity contribution in [2.45, 2.75) is 4.90 Å². The highest BCUT2D eigenvalue weighted by atomic mass is 79.9. The molecule has 1 aromatic carbocycles. The fraction of sp³-hybridized carbons (Fsp3) is 0.0909. The van der Waals surface area contributed by atoms with Gasteiger partial charge in [-0.2, -0.15) is 0 Å². The summed E-state index contributed by atoms with van der Waals surface area (Å²) in [5.41, 5.74) is 8.06. The molecule has 0 spiro atoms. The lowest BCUT2D eigenvalue weighted by Gasteiger charge is -2.16. The van der Waals surface area contributed by atoms with Crippen LogP contribution in [-0.2, 0) is 4.79 Å². The number of hydrogen-bond donors (Lipinski definition) is 3. The number of H-pyrrole nitrogens is 1. The minimum absolute atomic E-state index is 0.0188. The summed E-state index contributed by atoms with van der Waals surface area (Å²) in [5.74, 6) is 0.837. The summed E-state index contributed by atoms with van der Waals surface area (Å²) >= 11 is 4.90. The number of carbonyl (C=O) groups is 1. The Labute approximate surface area is 116 Å². The van der Waals surface area contributed by atoms with E-state index < -0.39 is 0 Å². The Balaban J connectivity index is 2.07. The number of nitrogen functional groups attached to an aromatic ring is 1. The molecule has 1 amide bonds. The molecular weight excluding hydrogens is 316 g/mol. The molecule has 0 saturated heterocycles. The van der Waals surface area contributed by atoms with Crippen molar-refractivity contribution in [1.82, 2.24) is 9.97 Å². The molecule has 5 nitrogen and oxygen atoms in total. The topological polar surface area (TPSA) is 83.8 Å². The molecule has 0 bridgehead atoms. The van der Waals surface area contributed by atoms with Gasteiger partial charge in [0.1, 0.15) is 10.3 Å². The molecule has 0 radical (unpaired) electrons. The third-order valence-corrected chi connectivity index (χ3v) is 4.21. The van der Waals surface area contributed by atoms with Gasteiger partial charge >= 0.3 is 0 Å². The van der Waals surface area contributed by atoms with E-state index in [-0.39, 0.29) is 5.91 Å². The molecule has 1 aromatic heterocycles. The van der Waals surface area contributed by atoms with E-state index in [1.807, 2.05) is 18.2 Å². The number of thioether (sulfide) groups is 1. The van der Waals surface area contributed by atoms with Crippen molar-refractivity contribution in [2.75, 3.05) is 16.8 Å². The summed E-state index contributed by atoms with van der Waals surface area (Å²) < 4.78 is 0.731. The minimum atomic E-state index is 0.0188. The van der Waals surface area contributed by atoms with Gasteiger partial charge in [0.25, 0.3) is 0 Å².